The molecule has 0 spiro atoms. The van der Waals surface area contributed by atoms with E-state index in [4.69, 9.17) is 0 Å². The Balaban J connectivity index is 1.93. The molecule has 0 bridgehead atoms. The van der Waals surface area contributed by atoms with Crippen molar-refractivity contribution in [1.29, 1.82) is 0 Å². The fourth-order valence-electron chi connectivity index (χ4n) is 1.71. The van der Waals surface area contributed by atoms with Crippen LogP contribution in [0.15, 0.2) is 24.3 Å². The summed E-state index contributed by atoms with van der Waals surface area (Å²) in [7, 11) is 0. The Morgan fingerprint density at radius 2 is 2.00 bits per heavy atom. The molecule has 104 valence electrons. The molecule has 0 aliphatic heterocycles. The van der Waals surface area contributed by atoms with Crippen LogP contribution >= 0.6 is 0 Å². The van der Waals surface area contributed by atoms with Crippen LogP contribution in [0.3, 0.4) is 0 Å². The normalized spacial score (nSPS) is 15.1. The second kappa shape index (κ2) is 5.50. The summed E-state index contributed by atoms with van der Waals surface area (Å²) in [6.07, 6.45) is -2.36. The van der Waals surface area contributed by atoms with Gasteiger partial charge in [0.05, 0.1) is 0 Å². The third-order valence-corrected chi connectivity index (χ3v) is 2.76. The van der Waals surface area contributed by atoms with Crippen LogP contribution in [-0.4, -0.2) is 18.3 Å². The Labute approximate surface area is 108 Å². The van der Waals surface area contributed by atoms with Gasteiger partial charge in [-0.1, -0.05) is 18.2 Å². The number of ether oxygens (including phenoxy) is 1. The number of aryl methyl sites for hydroxylation is 1. The average Bonchev–Trinajstić information content (AvgIpc) is 3.10. The molecule has 6 heteroatoms. The highest BCUT2D eigenvalue weighted by Crippen LogP contribution is 2.27. The second-order valence-corrected chi connectivity index (χ2v) is 4.50. The van der Waals surface area contributed by atoms with E-state index in [1.54, 1.807) is 6.07 Å². The Kier molecular flexibility index (Phi) is 3.97. The highest BCUT2D eigenvalue weighted by molar-refractivity contribution is 5.76. The Bertz CT molecular complexity index is 455. The van der Waals surface area contributed by atoms with Crippen molar-refractivity contribution in [3.8, 4) is 5.75 Å². The predicted molar refractivity (Wildman–Crippen MR) is 62.6 cm³/mol. The van der Waals surface area contributed by atoms with E-state index in [0.717, 1.165) is 12.8 Å². The number of hydrogen-bond acceptors (Lipinski definition) is 2. The molecule has 0 radical (unpaired) electrons. The molecule has 3 nitrogen and oxygen atoms in total. The summed E-state index contributed by atoms with van der Waals surface area (Å²) in [5.41, 5.74) is 0.380. The number of halogens is 3. The number of amides is 1. The molecule has 1 fully saturated rings. The second-order valence-electron chi connectivity index (χ2n) is 4.50. The number of nitrogens with one attached hydrogen (secondary N) is 1. The third-order valence-electron chi connectivity index (χ3n) is 2.76. The Morgan fingerprint density at radius 3 is 2.63 bits per heavy atom. The number of para-hydroxylation sites is 1. The van der Waals surface area contributed by atoms with Crippen LogP contribution in [0.2, 0.25) is 0 Å². The molecule has 0 saturated heterocycles. The standard InChI is InChI=1S/C13H14F3NO2/c14-13(15,16)19-11-4-2-1-3-9(11)5-8-12(18)17-10-6-7-10/h1-4,10H,5-8H2,(H,17,18). The van der Waals surface area contributed by atoms with Gasteiger partial charge in [-0.05, 0) is 30.9 Å². The lowest BCUT2D eigenvalue weighted by Gasteiger charge is -2.13. The lowest BCUT2D eigenvalue weighted by atomic mass is 10.1. The van der Waals surface area contributed by atoms with Crippen LogP contribution in [0.1, 0.15) is 24.8 Å². The molecule has 0 heterocycles. The predicted octanol–water partition coefficient (Wildman–Crippen LogP) is 2.80. The van der Waals surface area contributed by atoms with E-state index in [1.165, 1.54) is 18.2 Å². The van der Waals surface area contributed by atoms with Crippen molar-refractivity contribution >= 4 is 5.91 Å². The maximum Gasteiger partial charge on any atom is 0.573 e. The average molecular weight is 273 g/mol. The van der Waals surface area contributed by atoms with Crippen LogP contribution < -0.4 is 10.1 Å². The Hall–Kier alpha value is -1.72. The first-order valence-corrected chi connectivity index (χ1v) is 6.07. The molecule has 19 heavy (non-hydrogen) atoms. The molecule has 1 aromatic carbocycles. The van der Waals surface area contributed by atoms with Gasteiger partial charge in [0, 0.05) is 12.5 Å². The van der Waals surface area contributed by atoms with E-state index in [1.807, 2.05) is 0 Å². The van der Waals surface area contributed by atoms with Crippen LogP contribution in [0.25, 0.3) is 0 Å². The van der Waals surface area contributed by atoms with Crippen molar-refractivity contribution in [3.63, 3.8) is 0 Å². The van der Waals surface area contributed by atoms with Crippen molar-refractivity contribution in [3.05, 3.63) is 29.8 Å². The monoisotopic (exact) mass is 273 g/mol. The summed E-state index contributed by atoms with van der Waals surface area (Å²) >= 11 is 0. The summed E-state index contributed by atoms with van der Waals surface area (Å²) < 4.78 is 40.5. The number of alkyl halides is 3. The minimum atomic E-state index is -4.72. The molecular weight excluding hydrogens is 259 g/mol. The molecule has 1 saturated carbocycles. The van der Waals surface area contributed by atoms with Crippen LogP contribution in [0.5, 0.6) is 5.75 Å². The molecule has 0 atom stereocenters. The molecule has 1 amide bonds. The van der Waals surface area contributed by atoms with E-state index < -0.39 is 6.36 Å². The number of benzene rings is 1. The fraction of sp³-hybridized carbons (Fsp3) is 0.462. The van der Waals surface area contributed by atoms with Crippen molar-refractivity contribution < 1.29 is 22.7 Å². The van der Waals surface area contributed by atoms with Gasteiger partial charge in [0.15, 0.2) is 0 Å². The zero-order valence-corrected chi connectivity index (χ0v) is 10.2. The smallest absolute Gasteiger partial charge is 0.406 e. The molecule has 0 unspecified atom stereocenters. The van der Waals surface area contributed by atoms with E-state index in [0.29, 0.717) is 5.56 Å². The van der Waals surface area contributed by atoms with Crippen LogP contribution in [0, 0.1) is 0 Å². The third kappa shape index (κ3) is 4.81. The highest BCUT2D eigenvalue weighted by Gasteiger charge is 2.32. The molecule has 0 aromatic heterocycles. The zero-order chi connectivity index (χ0) is 13.9. The lowest BCUT2D eigenvalue weighted by Crippen LogP contribution is -2.25. The van der Waals surface area contributed by atoms with Crippen molar-refractivity contribution in [2.24, 2.45) is 0 Å². The molecule has 1 aliphatic rings. The minimum absolute atomic E-state index is 0.135. The quantitative estimate of drug-likeness (QED) is 0.895. The lowest BCUT2D eigenvalue weighted by molar-refractivity contribution is -0.274. The first kappa shape index (κ1) is 13.7. The summed E-state index contributed by atoms with van der Waals surface area (Å²) in [5.74, 6) is -0.376. The maximum absolute atomic E-state index is 12.2. The van der Waals surface area contributed by atoms with Gasteiger partial charge in [-0.3, -0.25) is 4.79 Å². The maximum atomic E-state index is 12.2. The van der Waals surface area contributed by atoms with Crippen molar-refractivity contribution in [2.45, 2.75) is 38.1 Å². The van der Waals surface area contributed by atoms with E-state index in [2.05, 4.69) is 10.1 Å². The molecule has 1 N–H and O–H groups in total. The highest BCUT2D eigenvalue weighted by atomic mass is 19.4. The van der Waals surface area contributed by atoms with E-state index in [9.17, 15) is 18.0 Å². The summed E-state index contributed by atoms with van der Waals surface area (Å²) in [6, 6.07) is 6.13. The summed E-state index contributed by atoms with van der Waals surface area (Å²) in [5, 5.41) is 2.79. The minimum Gasteiger partial charge on any atom is -0.406 e. The summed E-state index contributed by atoms with van der Waals surface area (Å²) in [6.45, 7) is 0. The van der Waals surface area contributed by atoms with Gasteiger partial charge in [-0.2, -0.15) is 0 Å². The first-order chi connectivity index (χ1) is 8.94. The van der Waals surface area contributed by atoms with Gasteiger partial charge in [-0.25, -0.2) is 0 Å². The largest absolute Gasteiger partial charge is 0.573 e. The van der Waals surface area contributed by atoms with E-state index >= 15 is 0 Å². The van der Waals surface area contributed by atoms with Crippen LogP contribution in [-0.2, 0) is 11.2 Å². The van der Waals surface area contributed by atoms with Gasteiger partial charge in [0.25, 0.3) is 0 Å². The topological polar surface area (TPSA) is 38.3 Å². The first-order valence-electron chi connectivity index (χ1n) is 6.07. The SMILES string of the molecule is O=C(CCc1ccccc1OC(F)(F)F)NC1CC1. The molecular formula is C13H14F3NO2. The van der Waals surface area contributed by atoms with Gasteiger partial charge in [0.2, 0.25) is 5.91 Å². The van der Waals surface area contributed by atoms with Crippen molar-refractivity contribution in [1.82, 2.24) is 5.32 Å². The molecule has 1 aliphatic carbocycles. The number of carbonyl (C=O) groups excluding carboxylic acids is 1. The van der Waals surface area contributed by atoms with E-state index in [-0.39, 0.29) is 30.5 Å². The van der Waals surface area contributed by atoms with Gasteiger partial charge < -0.3 is 10.1 Å². The number of rotatable bonds is 5. The number of hydrogen-bond donors (Lipinski definition) is 1. The van der Waals surface area contributed by atoms with Gasteiger partial charge in [-0.15, -0.1) is 13.2 Å². The van der Waals surface area contributed by atoms with Crippen molar-refractivity contribution in [2.75, 3.05) is 0 Å². The zero-order valence-electron chi connectivity index (χ0n) is 10.2. The number of carbonyl (C=O) groups is 1. The van der Waals surface area contributed by atoms with Gasteiger partial charge in [0.1, 0.15) is 5.75 Å². The Morgan fingerprint density at radius 1 is 1.32 bits per heavy atom. The van der Waals surface area contributed by atoms with Crippen LogP contribution in [0.4, 0.5) is 13.2 Å². The molecule has 1 aromatic rings. The van der Waals surface area contributed by atoms with Gasteiger partial charge >= 0.3 is 6.36 Å². The summed E-state index contributed by atoms with van der Waals surface area (Å²) in [4.78, 5) is 11.5. The molecule has 2 rings (SSSR count). The fourth-order valence-corrected chi connectivity index (χ4v) is 1.71.